The van der Waals surface area contributed by atoms with Crippen molar-refractivity contribution in [2.75, 3.05) is 18.5 Å². The molecule has 0 saturated carbocycles. The highest BCUT2D eigenvalue weighted by molar-refractivity contribution is 5.50. The van der Waals surface area contributed by atoms with Gasteiger partial charge in [-0.1, -0.05) is 42.5 Å². The Hall–Kier alpha value is -1.84. The summed E-state index contributed by atoms with van der Waals surface area (Å²) in [6, 6.07) is 18.0. The second-order valence-electron chi connectivity index (χ2n) is 4.88. The van der Waals surface area contributed by atoms with Gasteiger partial charge < -0.3 is 15.2 Å². The summed E-state index contributed by atoms with van der Waals surface area (Å²) >= 11 is 0. The first-order valence-corrected chi connectivity index (χ1v) is 6.44. The smallest absolute Gasteiger partial charge is 0.110 e. The Labute approximate surface area is 112 Å². The first-order valence-electron chi connectivity index (χ1n) is 6.44. The average molecular weight is 255 g/mol. The average Bonchev–Trinajstić information content (AvgIpc) is 2.49. The van der Waals surface area contributed by atoms with E-state index in [1.54, 1.807) is 0 Å². The van der Waals surface area contributed by atoms with Gasteiger partial charge >= 0.3 is 0 Å². The van der Waals surface area contributed by atoms with Crippen LogP contribution in [0.1, 0.15) is 11.1 Å². The number of ether oxygens (including phenoxy) is 1. The molecule has 98 valence electrons. The molecule has 3 rings (SSSR count). The monoisotopic (exact) mass is 255 g/mol. The van der Waals surface area contributed by atoms with Crippen LogP contribution in [-0.4, -0.2) is 18.3 Å². The Balaban J connectivity index is 2.00. The van der Waals surface area contributed by atoms with Gasteiger partial charge in [-0.25, -0.2) is 0 Å². The predicted octanol–water partition coefficient (Wildman–Crippen LogP) is 2.52. The van der Waals surface area contributed by atoms with Crippen molar-refractivity contribution in [2.24, 2.45) is 0 Å². The number of fused-ring (bicyclic) bond motifs is 1. The van der Waals surface area contributed by atoms with Crippen LogP contribution in [0.4, 0.5) is 5.69 Å². The molecule has 1 atom stereocenters. The van der Waals surface area contributed by atoms with E-state index in [0.717, 1.165) is 16.8 Å². The van der Waals surface area contributed by atoms with Crippen LogP contribution in [0.25, 0.3) is 0 Å². The normalized spacial score (nSPS) is 21.7. The van der Waals surface area contributed by atoms with Crippen molar-refractivity contribution in [1.29, 1.82) is 0 Å². The zero-order chi connectivity index (χ0) is 13.1. The molecule has 19 heavy (non-hydrogen) atoms. The molecule has 2 aromatic rings. The summed E-state index contributed by atoms with van der Waals surface area (Å²) in [7, 11) is 0. The van der Waals surface area contributed by atoms with Crippen molar-refractivity contribution >= 4 is 5.69 Å². The van der Waals surface area contributed by atoms with Crippen molar-refractivity contribution in [3.8, 4) is 0 Å². The lowest BCUT2D eigenvalue weighted by Gasteiger charge is -2.39. The van der Waals surface area contributed by atoms with E-state index in [2.05, 4.69) is 11.4 Å². The maximum absolute atomic E-state index is 9.91. The van der Waals surface area contributed by atoms with Gasteiger partial charge in [0.1, 0.15) is 5.54 Å². The summed E-state index contributed by atoms with van der Waals surface area (Å²) in [5.41, 5.74) is 2.67. The standard InChI is InChI=1S/C16H17NO2/c18-11-16(17-14-7-2-1-3-8-14)12-19-10-13-6-4-5-9-15(13)16/h1-9,17-18H,10-12H2. The summed E-state index contributed by atoms with van der Waals surface area (Å²) in [6.45, 7) is 1.07. The van der Waals surface area contributed by atoms with Crippen LogP contribution in [-0.2, 0) is 16.9 Å². The van der Waals surface area contributed by atoms with Gasteiger partial charge in [0.25, 0.3) is 0 Å². The summed E-state index contributed by atoms with van der Waals surface area (Å²) in [6.07, 6.45) is 0. The molecular weight excluding hydrogens is 238 g/mol. The van der Waals surface area contributed by atoms with Crippen LogP contribution in [0.5, 0.6) is 0 Å². The van der Waals surface area contributed by atoms with Gasteiger partial charge in [0.2, 0.25) is 0 Å². The molecule has 1 aliphatic heterocycles. The zero-order valence-corrected chi connectivity index (χ0v) is 10.7. The van der Waals surface area contributed by atoms with Crippen molar-refractivity contribution in [3.63, 3.8) is 0 Å². The second kappa shape index (κ2) is 5.03. The number of hydrogen-bond donors (Lipinski definition) is 2. The Bertz CT molecular complexity index is 556. The summed E-state index contributed by atoms with van der Waals surface area (Å²) in [4.78, 5) is 0. The molecule has 3 nitrogen and oxygen atoms in total. The minimum Gasteiger partial charge on any atom is -0.393 e. The zero-order valence-electron chi connectivity index (χ0n) is 10.7. The molecule has 0 saturated heterocycles. The Morgan fingerprint density at radius 1 is 1.05 bits per heavy atom. The fourth-order valence-corrected chi connectivity index (χ4v) is 2.60. The Kier molecular flexibility index (Phi) is 3.23. The van der Waals surface area contributed by atoms with E-state index in [1.807, 2.05) is 48.5 Å². The number of aliphatic hydroxyl groups excluding tert-OH is 1. The maximum Gasteiger partial charge on any atom is 0.110 e. The SMILES string of the molecule is OCC1(Nc2ccccc2)COCc2ccccc21. The molecule has 0 bridgehead atoms. The molecule has 0 fully saturated rings. The summed E-state index contributed by atoms with van der Waals surface area (Å²) in [5, 5.41) is 13.3. The molecule has 0 aromatic heterocycles. The Morgan fingerprint density at radius 2 is 1.79 bits per heavy atom. The highest BCUT2D eigenvalue weighted by Gasteiger charge is 2.36. The molecule has 2 aromatic carbocycles. The van der Waals surface area contributed by atoms with Crippen LogP contribution in [0, 0.1) is 0 Å². The number of nitrogens with one attached hydrogen (secondary N) is 1. The van der Waals surface area contributed by atoms with E-state index in [-0.39, 0.29) is 6.61 Å². The third kappa shape index (κ3) is 2.23. The lowest BCUT2D eigenvalue weighted by molar-refractivity contribution is 0.0357. The number of benzene rings is 2. The van der Waals surface area contributed by atoms with Crippen molar-refractivity contribution in [2.45, 2.75) is 12.1 Å². The molecule has 0 spiro atoms. The van der Waals surface area contributed by atoms with Crippen molar-refractivity contribution in [1.82, 2.24) is 0 Å². The fourth-order valence-electron chi connectivity index (χ4n) is 2.60. The van der Waals surface area contributed by atoms with E-state index in [1.165, 1.54) is 0 Å². The van der Waals surface area contributed by atoms with E-state index >= 15 is 0 Å². The third-order valence-corrected chi connectivity index (χ3v) is 3.57. The van der Waals surface area contributed by atoms with E-state index in [9.17, 15) is 5.11 Å². The van der Waals surface area contributed by atoms with Crippen molar-refractivity contribution in [3.05, 3.63) is 65.7 Å². The first-order chi connectivity index (χ1) is 9.34. The molecule has 3 heteroatoms. The highest BCUT2D eigenvalue weighted by atomic mass is 16.5. The van der Waals surface area contributed by atoms with Gasteiger partial charge in [-0.15, -0.1) is 0 Å². The van der Waals surface area contributed by atoms with Gasteiger partial charge in [0.05, 0.1) is 19.8 Å². The van der Waals surface area contributed by atoms with Crippen molar-refractivity contribution < 1.29 is 9.84 Å². The van der Waals surface area contributed by atoms with Gasteiger partial charge in [0.15, 0.2) is 0 Å². The van der Waals surface area contributed by atoms with Gasteiger partial charge in [0, 0.05) is 5.69 Å². The predicted molar refractivity (Wildman–Crippen MR) is 74.9 cm³/mol. The molecule has 0 radical (unpaired) electrons. The number of anilines is 1. The van der Waals surface area contributed by atoms with Crippen LogP contribution in [0.15, 0.2) is 54.6 Å². The molecule has 1 unspecified atom stereocenters. The molecule has 0 amide bonds. The molecular formula is C16H17NO2. The van der Waals surface area contributed by atoms with Crippen LogP contribution in [0.2, 0.25) is 0 Å². The number of rotatable bonds is 3. The molecule has 0 aliphatic carbocycles. The maximum atomic E-state index is 9.91. The molecule has 1 aliphatic rings. The van der Waals surface area contributed by atoms with Gasteiger partial charge in [-0.2, -0.15) is 0 Å². The first kappa shape index (κ1) is 12.2. The van der Waals surface area contributed by atoms with Crippen LogP contribution < -0.4 is 5.32 Å². The van der Waals surface area contributed by atoms with Gasteiger partial charge in [-0.05, 0) is 23.3 Å². The van der Waals surface area contributed by atoms with Crippen LogP contribution in [0.3, 0.4) is 0 Å². The van der Waals surface area contributed by atoms with E-state index in [0.29, 0.717) is 13.2 Å². The lowest BCUT2D eigenvalue weighted by Crippen LogP contribution is -2.46. The molecule has 1 heterocycles. The minimum absolute atomic E-state index is 0.00108. The lowest BCUT2D eigenvalue weighted by atomic mass is 9.85. The summed E-state index contributed by atoms with van der Waals surface area (Å²) in [5.74, 6) is 0. The second-order valence-corrected chi connectivity index (χ2v) is 4.88. The topological polar surface area (TPSA) is 41.5 Å². The number of para-hydroxylation sites is 1. The fraction of sp³-hybridized carbons (Fsp3) is 0.250. The van der Waals surface area contributed by atoms with E-state index < -0.39 is 5.54 Å². The van der Waals surface area contributed by atoms with Gasteiger partial charge in [-0.3, -0.25) is 0 Å². The Morgan fingerprint density at radius 3 is 2.58 bits per heavy atom. The minimum atomic E-state index is -0.559. The third-order valence-electron chi connectivity index (χ3n) is 3.57. The quantitative estimate of drug-likeness (QED) is 0.885. The largest absolute Gasteiger partial charge is 0.393 e. The number of hydrogen-bond acceptors (Lipinski definition) is 3. The van der Waals surface area contributed by atoms with Crippen LogP contribution >= 0.6 is 0 Å². The molecule has 2 N–H and O–H groups in total. The summed E-state index contributed by atoms with van der Waals surface area (Å²) < 4.78 is 5.65. The number of aliphatic hydroxyl groups is 1. The highest BCUT2D eigenvalue weighted by Crippen LogP contribution is 2.33. The van der Waals surface area contributed by atoms with E-state index in [4.69, 9.17) is 4.74 Å².